The third kappa shape index (κ3) is 3.24. The molecule has 1 aliphatic heterocycles. The summed E-state index contributed by atoms with van der Waals surface area (Å²) in [5, 5.41) is 14.1. The molecule has 0 spiro atoms. The van der Waals surface area contributed by atoms with E-state index in [0.717, 1.165) is 5.56 Å². The molecule has 1 saturated heterocycles. The molecule has 0 atom stereocenters. The van der Waals surface area contributed by atoms with Gasteiger partial charge in [-0.2, -0.15) is 0 Å². The third-order valence-corrected chi connectivity index (χ3v) is 4.32. The molecule has 1 amide bonds. The fraction of sp³-hybridized carbons (Fsp3) is 0.0588. The highest BCUT2D eigenvalue weighted by Gasteiger charge is 2.32. The molecule has 126 valence electrons. The molecule has 0 unspecified atom stereocenters. The quantitative estimate of drug-likeness (QED) is 0.383. The van der Waals surface area contributed by atoms with Gasteiger partial charge in [0.05, 0.1) is 10.6 Å². The van der Waals surface area contributed by atoms with Crippen LogP contribution < -0.4 is 10.2 Å². The standard InChI is InChI=1S/C17H12ClN3O3S/c1-10-4-2-3-5-14(10)20-16(22)13(19-17(20)25)8-11-6-7-12(18)15(9-11)21(23)24/h2-9H,1H3,(H,19,25)/b13-8+. The van der Waals surface area contributed by atoms with Gasteiger partial charge in [-0.05, 0) is 48.5 Å². The maximum Gasteiger partial charge on any atom is 0.288 e. The van der Waals surface area contributed by atoms with Crippen molar-refractivity contribution >= 4 is 52.3 Å². The fourth-order valence-corrected chi connectivity index (χ4v) is 2.97. The van der Waals surface area contributed by atoms with E-state index < -0.39 is 4.92 Å². The number of halogens is 1. The van der Waals surface area contributed by atoms with E-state index in [1.54, 1.807) is 12.1 Å². The van der Waals surface area contributed by atoms with Crippen LogP contribution in [0.4, 0.5) is 11.4 Å². The molecule has 25 heavy (non-hydrogen) atoms. The van der Waals surface area contributed by atoms with E-state index in [1.165, 1.54) is 23.1 Å². The largest absolute Gasteiger partial charge is 0.327 e. The van der Waals surface area contributed by atoms with Gasteiger partial charge >= 0.3 is 0 Å². The number of amides is 1. The second kappa shape index (κ2) is 6.62. The molecule has 0 bridgehead atoms. The van der Waals surface area contributed by atoms with Crippen LogP contribution in [0, 0.1) is 17.0 Å². The highest BCUT2D eigenvalue weighted by Crippen LogP contribution is 2.28. The number of rotatable bonds is 3. The van der Waals surface area contributed by atoms with E-state index >= 15 is 0 Å². The maximum absolute atomic E-state index is 12.7. The lowest BCUT2D eigenvalue weighted by atomic mass is 10.1. The van der Waals surface area contributed by atoms with Gasteiger partial charge in [-0.15, -0.1) is 0 Å². The Morgan fingerprint density at radius 3 is 2.68 bits per heavy atom. The summed E-state index contributed by atoms with van der Waals surface area (Å²) in [7, 11) is 0. The van der Waals surface area contributed by atoms with Crippen LogP contribution in [-0.2, 0) is 4.79 Å². The van der Waals surface area contributed by atoms with Gasteiger partial charge in [0.1, 0.15) is 10.7 Å². The van der Waals surface area contributed by atoms with Crippen LogP contribution >= 0.6 is 23.8 Å². The minimum atomic E-state index is -0.571. The summed E-state index contributed by atoms with van der Waals surface area (Å²) in [6.07, 6.45) is 1.51. The van der Waals surface area contributed by atoms with Crippen molar-refractivity contribution in [2.24, 2.45) is 0 Å². The topological polar surface area (TPSA) is 75.5 Å². The van der Waals surface area contributed by atoms with Crippen molar-refractivity contribution in [3.8, 4) is 0 Å². The van der Waals surface area contributed by atoms with Gasteiger partial charge in [0.15, 0.2) is 5.11 Å². The number of benzene rings is 2. The van der Waals surface area contributed by atoms with Gasteiger partial charge in [-0.25, -0.2) is 0 Å². The molecule has 3 rings (SSSR count). The molecule has 1 N–H and O–H groups in total. The molecule has 1 heterocycles. The highest BCUT2D eigenvalue weighted by atomic mass is 35.5. The Hall–Kier alpha value is -2.77. The predicted molar refractivity (Wildman–Crippen MR) is 100 cm³/mol. The van der Waals surface area contributed by atoms with E-state index in [-0.39, 0.29) is 27.4 Å². The number of carbonyl (C=O) groups is 1. The molecule has 0 aliphatic carbocycles. The normalized spacial score (nSPS) is 15.6. The van der Waals surface area contributed by atoms with E-state index in [1.807, 2.05) is 25.1 Å². The van der Waals surface area contributed by atoms with E-state index in [2.05, 4.69) is 5.32 Å². The minimum Gasteiger partial charge on any atom is -0.327 e. The Morgan fingerprint density at radius 1 is 1.28 bits per heavy atom. The number of hydrogen-bond acceptors (Lipinski definition) is 4. The number of hydrogen-bond donors (Lipinski definition) is 1. The second-order valence-corrected chi connectivity index (χ2v) is 6.18. The third-order valence-electron chi connectivity index (χ3n) is 3.71. The SMILES string of the molecule is Cc1ccccc1N1C(=O)/C(=C\c2ccc(Cl)c([N+](=O)[O-])c2)NC1=S. The first-order valence-corrected chi connectivity index (χ1v) is 8.04. The Bertz CT molecular complexity index is 942. The zero-order valence-corrected chi connectivity index (χ0v) is 14.6. The van der Waals surface area contributed by atoms with Gasteiger partial charge < -0.3 is 5.32 Å². The summed E-state index contributed by atoms with van der Waals surface area (Å²) in [4.78, 5) is 24.5. The van der Waals surface area contributed by atoms with E-state index in [4.69, 9.17) is 23.8 Å². The number of thiocarbonyl (C=S) groups is 1. The summed E-state index contributed by atoms with van der Waals surface area (Å²) in [6.45, 7) is 1.88. The highest BCUT2D eigenvalue weighted by molar-refractivity contribution is 7.80. The monoisotopic (exact) mass is 373 g/mol. The first kappa shape index (κ1) is 17.1. The molecule has 6 nitrogen and oxygen atoms in total. The zero-order chi connectivity index (χ0) is 18.1. The van der Waals surface area contributed by atoms with E-state index in [0.29, 0.717) is 11.3 Å². The number of para-hydroxylation sites is 1. The fourth-order valence-electron chi connectivity index (χ4n) is 2.49. The smallest absolute Gasteiger partial charge is 0.288 e. The number of nitro groups is 1. The van der Waals surface area contributed by atoms with Crippen molar-refractivity contribution in [3.63, 3.8) is 0 Å². The Morgan fingerprint density at radius 2 is 2.00 bits per heavy atom. The first-order chi connectivity index (χ1) is 11.9. The molecule has 0 aromatic heterocycles. The Balaban J connectivity index is 1.98. The van der Waals surface area contributed by atoms with Crippen molar-refractivity contribution < 1.29 is 9.72 Å². The zero-order valence-electron chi connectivity index (χ0n) is 13.0. The van der Waals surface area contributed by atoms with E-state index in [9.17, 15) is 14.9 Å². The van der Waals surface area contributed by atoms with Crippen LogP contribution in [0.1, 0.15) is 11.1 Å². The lowest BCUT2D eigenvalue weighted by molar-refractivity contribution is -0.384. The molecule has 1 aliphatic rings. The number of nitro benzene ring substituents is 1. The molecular weight excluding hydrogens is 362 g/mol. The second-order valence-electron chi connectivity index (χ2n) is 5.38. The number of aryl methyl sites for hydroxylation is 1. The Labute approximate surface area is 153 Å². The molecule has 2 aromatic carbocycles. The maximum atomic E-state index is 12.7. The van der Waals surface area contributed by atoms with Crippen LogP contribution in [0.5, 0.6) is 0 Å². The average Bonchev–Trinajstić information content (AvgIpc) is 2.84. The first-order valence-electron chi connectivity index (χ1n) is 7.25. The van der Waals surface area contributed by atoms with Crippen LogP contribution in [0.25, 0.3) is 6.08 Å². The number of carbonyl (C=O) groups excluding carboxylic acids is 1. The molecular formula is C17H12ClN3O3S. The van der Waals surface area contributed by atoms with Crippen LogP contribution in [0.3, 0.4) is 0 Å². The number of anilines is 1. The summed E-state index contributed by atoms with van der Waals surface area (Å²) in [5.74, 6) is -0.322. The van der Waals surface area contributed by atoms with Gasteiger partial charge in [0.2, 0.25) is 0 Å². The lowest BCUT2D eigenvalue weighted by Crippen LogP contribution is -2.30. The van der Waals surface area contributed by atoms with Crippen molar-refractivity contribution in [3.05, 3.63) is 74.4 Å². The Kier molecular flexibility index (Phi) is 4.52. The minimum absolute atomic E-state index is 0.0370. The lowest BCUT2D eigenvalue weighted by Gasteiger charge is -2.16. The molecule has 1 fully saturated rings. The van der Waals surface area contributed by atoms with Crippen LogP contribution in [-0.4, -0.2) is 15.9 Å². The van der Waals surface area contributed by atoms with Gasteiger partial charge in [0, 0.05) is 6.07 Å². The molecule has 8 heteroatoms. The van der Waals surface area contributed by atoms with Crippen molar-refractivity contribution in [1.29, 1.82) is 0 Å². The van der Waals surface area contributed by atoms with Crippen molar-refractivity contribution in [2.45, 2.75) is 6.92 Å². The van der Waals surface area contributed by atoms with Crippen molar-refractivity contribution in [2.75, 3.05) is 4.90 Å². The van der Waals surface area contributed by atoms with Gasteiger partial charge in [-0.1, -0.05) is 35.9 Å². The van der Waals surface area contributed by atoms with Gasteiger partial charge in [-0.3, -0.25) is 19.8 Å². The van der Waals surface area contributed by atoms with Crippen molar-refractivity contribution in [1.82, 2.24) is 5.32 Å². The summed E-state index contributed by atoms with van der Waals surface area (Å²) in [6, 6.07) is 11.7. The summed E-state index contributed by atoms with van der Waals surface area (Å²) >= 11 is 11.1. The molecule has 2 aromatic rings. The number of nitrogens with zero attached hydrogens (tertiary/aromatic N) is 2. The summed E-state index contributed by atoms with van der Waals surface area (Å²) in [5.41, 5.74) is 2.09. The summed E-state index contributed by atoms with van der Waals surface area (Å²) < 4.78 is 0. The molecule has 0 saturated carbocycles. The van der Waals surface area contributed by atoms with Crippen LogP contribution in [0.15, 0.2) is 48.2 Å². The number of nitrogens with one attached hydrogen (secondary N) is 1. The average molecular weight is 374 g/mol. The predicted octanol–water partition coefficient (Wildman–Crippen LogP) is 3.82. The molecule has 0 radical (unpaired) electrons. The van der Waals surface area contributed by atoms with Gasteiger partial charge in [0.25, 0.3) is 11.6 Å². The van der Waals surface area contributed by atoms with Crippen LogP contribution in [0.2, 0.25) is 5.02 Å².